The molecule has 0 amide bonds. The predicted molar refractivity (Wildman–Crippen MR) is 83.4 cm³/mol. The minimum absolute atomic E-state index is 0.179. The van der Waals surface area contributed by atoms with Crippen molar-refractivity contribution in [2.45, 2.75) is 11.3 Å². The van der Waals surface area contributed by atoms with E-state index in [0.29, 0.717) is 12.1 Å². The highest BCUT2D eigenvalue weighted by Gasteiger charge is 2.22. The average Bonchev–Trinajstić information content (AvgIpc) is 2.44. The number of benzene rings is 1. The second kappa shape index (κ2) is 8.15. The normalized spacial score (nSPS) is 11.5. The molecule has 1 aromatic rings. The molecule has 1 rings (SSSR count). The first-order chi connectivity index (χ1) is 9.89. The lowest BCUT2D eigenvalue weighted by atomic mass is 10.2. The van der Waals surface area contributed by atoms with Crippen molar-refractivity contribution in [3.63, 3.8) is 0 Å². The molecule has 0 aliphatic heterocycles. The van der Waals surface area contributed by atoms with Crippen LogP contribution in [0.15, 0.2) is 29.2 Å². The lowest BCUT2D eigenvalue weighted by molar-refractivity contribution is 0.350. The SMILES string of the molecule is CN(C)CCCN(C)S(=O)(=O)c1ccccc1C#CCO. The summed E-state index contributed by atoms with van der Waals surface area (Å²) in [6, 6.07) is 6.58. The second-order valence-corrected chi connectivity index (χ2v) is 6.95. The van der Waals surface area contributed by atoms with Gasteiger partial charge in [0, 0.05) is 19.2 Å². The van der Waals surface area contributed by atoms with E-state index in [0.717, 1.165) is 13.0 Å². The Kier molecular flexibility index (Phi) is 6.85. The van der Waals surface area contributed by atoms with E-state index in [1.807, 2.05) is 19.0 Å². The largest absolute Gasteiger partial charge is 0.384 e. The molecule has 0 aromatic heterocycles. The zero-order valence-electron chi connectivity index (χ0n) is 12.7. The van der Waals surface area contributed by atoms with Crippen molar-refractivity contribution in [3.05, 3.63) is 29.8 Å². The van der Waals surface area contributed by atoms with Crippen LogP contribution in [-0.4, -0.2) is 63.6 Å². The van der Waals surface area contributed by atoms with E-state index in [1.54, 1.807) is 31.3 Å². The third kappa shape index (κ3) is 5.14. The molecular formula is C15H22N2O3S. The number of sulfonamides is 1. The molecule has 0 saturated heterocycles. The maximum Gasteiger partial charge on any atom is 0.244 e. The average molecular weight is 310 g/mol. The van der Waals surface area contributed by atoms with Gasteiger partial charge < -0.3 is 10.0 Å². The second-order valence-electron chi connectivity index (χ2n) is 4.94. The van der Waals surface area contributed by atoms with Gasteiger partial charge in [0.1, 0.15) is 6.61 Å². The first kappa shape index (κ1) is 17.7. The molecule has 0 atom stereocenters. The molecule has 1 aromatic carbocycles. The molecule has 0 fully saturated rings. The molecule has 0 radical (unpaired) electrons. The molecule has 5 nitrogen and oxygen atoms in total. The Morgan fingerprint density at radius 2 is 1.81 bits per heavy atom. The van der Waals surface area contributed by atoms with Crippen LogP contribution in [0.1, 0.15) is 12.0 Å². The highest BCUT2D eigenvalue weighted by atomic mass is 32.2. The molecule has 0 saturated carbocycles. The third-order valence-corrected chi connectivity index (χ3v) is 4.87. The summed E-state index contributed by atoms with van der Waals surface area (Å²) in [6.45, 7) is 0.973. The Hall–Kier alpha value is -1.39. The quantitative estimate of drug-likeness (QED) is 0.782. The summed E-state index contributed by atoms with van der Waals surface area (Å²) in [4.78, 5) is 2.19. The molecule has 6 heteroatoms. The summed E-state index contributed by atoms with van der Waals surface area (Å²) >= 11 is 0. The van der Waals surface area contributed by atoms with Crippen LogP contribution in [0.4, 0.5) is 0 Å². The molecule has 21 heavy (non-hydrogen) atoms. The molecule has 0 heterocycles. The molecule has 1 N–H and O–H groups in total. The van der Waals surface area contributed by atoms with Gasteiger partial charge in [0.25, 0.3) is 0 Å². The lowest BCUT2D eigenvalue weighted by Crippen LogP contribution is -2.30. The van der Waals surface area contributed by atoms with Gasteiger partial charge in [-0.15, -0.1) is 0 Å². The van der Waals surface area contributed by atoms with Crippen molar-refractivity contribution >= 4 is 10.0 Å². The molecule has 0 spiro atoms. The fourth-order valence-corrected chi connectivity index (χ4v) is 3.18. The Morgan fingerprint density at radius 3 is 2.43 bits per heavy atom. The minimum atomic E-state index is -3.57. The number of nitrogens with zero attached hydrogens (tertiary/aromatic N) is 2. The Bertz CT molecular complexity index is 615. The van der Waals surface area contributed by atoms with Gasteiger partial charge in [-0.25, -0.2) is 12.7 Å². The molecule has 0 unspecified atom stereocenters. The maximum absolute atomic E-state index is 12.6. The van der Waals surface area contributed by atoms with Crippen LogP contribution in [0, 0.1) is 11.8 Å². The molecular weight excluding hydrogens is 288 g/mol. The fourth-order valence-electron chi connectivity index (χ4n) is 1.83. The summed E-state index contributed by atoms with van der Waals surface area (Å²) in [5.74, 6) is 5.17. The first-order valence-corrected chi connectivity index (χ1v) is 8.13. The highest BCUT2D eigenvalue weighted by Crippen LogP contribution is 2.18. The molecule has 116 valence electrons. The summed E-state index contributed by atoms with van der Waals surface area (Å²) in [6.07, 6.45) is 0.757. The zero-order valence-corrected chi connectivity index (χ0v) is 13.5. The van der Waals surface area contributed by atoms with Crippen LogP contribution in [0.3, 0.4) is 0 Å². The van der Waals surface area contributed by atoms with E-state index < -0.39 is 10.0 Å². The Morgan fingerprint density at radius 1 is 1.14 bits per heavy atom. The van der Waals surface area contributed by atoms with Gasteiger partial charge in [-0.05, 0) is 39.2 Å². The highest BCUT2D eigenvalue weighted by molar-refractivity contribution is 7.89. The van der Waals surface area contributed by atoms with Crippen LogP contribution >= 0.6 is 0 Å². The standard InChI is InChI=1S/C15H22N2O3S/c1-16(2)11-7-12-17(3)21(19,20)15-10-5-4-8-14(15)9-6-13-18/h4-5,8,10,18H,7,11-13H2,1-3H3. The summed E-state index contributed by atoms with van der Waals surface area (Å²) in [5, 5.41) is 8.76. The van der Waals surface area contributed by atoms with E-state index in [1.165, 1.54) is 4.31 Å². The van der Waals surface area contributed by atoms with Crippen molar-refractivity contribution < 1.29 is 13.5 Å². The third-order valence-electron chi connectivity index (χ3n) is 2.96. The maximum atomic E-state index is 12.6. The van der Waals surface area contributed by atoms with Crippen LogP contribution in [0.25, 0.3) is 0 Å². The van der Waals surface area contributed by atoms with Crippen molar-refractivity contribution in [2.75, 3.05) is 40.8 Å². The van der Waals surface area contributed by atoms with Gasteiger partial charge in [-0.1, -0.05) is 24.0 Å². The molecule has 0 aliphatic rings. The Labute approximate surface area is 127 Å². The van der Waals surface area contributed by atoms with E-state index in [9.17, 15) is 8.42 Å². The van der Waals surface area contributed by atoms with E-state index in [2.05, 4.69) is 11.8 Å². The van der Waals surface area contributed by atoms with Crippen LogP contribution < -0.4 is 0 Å². The lowest BCUT2D eigenvalue weighted by Gasteiger charge is -2.19. The van der Waals surface area contributed by atoms with E-state index in [4.69, 9.17) is 5.11 Å². The number of hydrogen-bond acceptors (Lipinski definition) is 4. The van der Waals surface area contributed by atoms with Crippen LogP contribution in [-0.2, 0) is 10.0 Å². The molecule has 0 bridgehead atoms. The number of hydrogen-bond donors (Lipinski definition) is 1. The summed E-state index contributed by atoms with van der Waals surface area (Å²) in [5.41, 5.74) is 0.408. The topological polar surface area (TPSA) is 60.9 Å². The fraction of sp³-hybridized carbons (Fsp3) is 0.467. The van der Waals surface area contributed by atoms with Crippen molar-refractivity contribution in [3.8, 4) is 11.8 Å². The smallest absolute Gasteiger partial charge is 0.244 e. The van der Waals surface area contributed by atoms with Crippen LogP contribution in [0.5, 0.6) is 0 Å². The van der Waals surface area contributed by atoms with Gasteiger partial charge in [-0.3, -0.25) is 0 Å². The van der Waals surface area contributed by atoms with Crippen molar-refractivity contribution in [1.82, 2.24) is 9.21 Å². The molecule has 0 aliphatic carbocycles. The summed E-state index contributed by atoms with van der Waals surface area (Å²) < 4.78 is 26.5. The van der Waals surface area contributed by atoms with Gasteiger partial charge >= 0.3 is 0 Å². The van der Waals surface area contributed by atoms with E-state index in [-0.39, 0.29) is 11.5 Å². The number of rotatable bonds is 6. The van der Waals surface area contributed by atoms with Crippen molar-refractivity contribution in [1.29, 1.82) is 0 Å². The van der Waals surface area contributed by atoms with Crippen molar-refractivity contribution in [2.24, 2.45) is 0 Å². The van der Waals surface area contributed by atoms with E-state index >= 15 is 0 Å². The summed E-state index contributed by atoms with van der Waals surface area (Å²) in [7, 11) is 1.91. The van der Waals surface area contributed by atoms with Gasteiger partial charge in [0.05, 0.1) is 4.90 Å². The number of aliphatic hydroxyl groups is 1. The van der Waals surface area contributed by atoms with Gasteiger partial charge in [0.15, 0.2) is 0 Å². The first-order valence-electron chi connectivity index (χ1n) is 6.69. The minimum Gasteiger partial charge on any atom is -0.384 e. The number of aliphatic hydroxyl groups excluding tert-OH is 1. The van der Waals surface area contributed by atoms with Gasteiger partial charge in [-0.2, -0.15) is 0 Å². The van der Waals surface area contributed by atoms with Gasteiger partial charge in [0.2, 0.25) is 10.0 Å². The Balaban J connectivity index is 2.97. The van der Waals surface area contributed by atoms with Crippen LogP contribution in [0.2, 0.25) is 0 Å². The monoisotopic (exact) mass is 310 g/mol. The predicted octanol–water partition coefficient (Wildman–Crippen LogP) is 0.603. The zero-order chi connectivity index (χ0) is 15.9.